The van der Waals surface area contributed by atoms with Gasteiger partial charge < -0.3 is 15.2 Å². The van der Waals surface area contributed by atoms with E-state index in [1.165, 1.54) is 11.1 Å². The molecule has 1 aliphatic rings. The lowest BCUT2D eigenvalue weighted by Gasteiger charge is -2.30. The van der Waals surface area contributed by atoms with Crippen molar-refractivity contribution in [2.45, 2.75) is 26.3 Å². The fourth-order valence-corrected chi connectivity index (χ4v) is 2.36. The molecule has 0 aromatic heterocycles. The van der Waals surface area contributed by atoms with E-state index in [1.807, 2.05) is 12.1 Å². The molecule has 3 nitrogen and oxygen atoms in total. The summed E-state index contributed by atoms with van der Waals surface area (Å²) in [5.41, 5.74) is 2.49. The zero-order valence-corrected chi connectivity index (χ0v) is 10.1. The molecule has 1 atom stereocenters. The minimum atomic E-state index is 0.232. The number of methoxy groups -OCH3 is 1. The largest absolute Gasteiger partial charge is 0.504 e. The van der Waals surface area contributed by atoms with Crippen LogP contribution in [0.4, 0.5) is 0 Å². The van der Waals surface area contributed by atoms with Gasteiger partial charge in [-0.05, 0) is 42.1 Å². The Morgan fingerprint density at radius 1 is 1.44 bits per heavy atom. The molecule has 1 heterocycles. The van der Waals surface area contributed by atoms with E-state index in [0.717, 1.165) is 13.0 Å². The van der Waals surface area contributed by atoms with Gasteiger partial charge in [0.05, 0.1) is 7.11 Å². The Bertz CT molecular complexity index is 388. The molecule has 0 radical (unpaired) electrons. The lowest BCUT2D eigenvalue weighted by Crippen LogP contribution is -2.32. The third kappa shape index (κ3) is 1.87. The zero-order valence-electron chi connectivity index (χ0n) is 10.1. The number of phenols is 1. The average molecular weight is 221 g/mol. The van der Waals surface area contributed by atoms with Crippen LogP contribution in [0.3, 0.4) is 0 Å². The second-order valence-corrected chi connectivity index (χ2v) is 4.65. The molecule has 0 bridgehead atoms. The molecule has 88 valence electrons. The van der Waals surface area contributed by atoms with Crippen LogP contribution < -0.4 is 10.1 Å². The number of nitrogens with one attached hydrogen (secondary N) is 1. The average Bonchev–Trinajstić information content (AvgIpc) is 2.27. The molecule has 0 saturated heterocycles. The smallest absolute Gasteiger partial charge is 0.160 e. The highest BCUT2D eigenvalue weighted by Gasteiger charge is 2.24. The van der Waals surface area contributed by atoms with E-state index in [9.17, 15) is 5.11 Å². The van der Waals surface area contributed by atoms with Crippen LogP contribution in [-0.4, -0.2) is 18.8 Å². The Morgan fingerprint density at radius 3 is 2.81 bits per heavy atom. The molecule has 2 N–H and O–H groups in total. The standard InChI is InChI=1S/C13H19NO2/c1-8(2)13-10-7-11(15)12(16-3)6-9(10)4-5-14-13/h6-8,13-15H,4-5H2,1-3H3. The van der Waals surface area contributed by atoms with Crippen molar-refractivity contribution in [3.63, 3.8) is 0 Å². The van der Waals surface area contributed by atoms with Crippen LogP contribution in [0.1, 0.15) is 31.0 Å². The van der Waals surface area contributed by atoms with Crippen molar-refractivity contribution in [3.8, 4) is 11.5 Å². The Hall–Kier alpha value is -1.22. The van der Waals surface area contributed by atoms with Crippen LogP contribution in [0.5, 0.6) is 11.5 Å². The van der Waals surface area contributed by atoms with Gasteiger partial charge in [0.2, 0.25) is 0 Å². The van der Waals surface area contributed by atoms with E-state index in [-0.39, 0.29) is 5.75 Å². The predicted octanol–water partition coefficient (Wildman–Crippen LogP) is 2.24. The van der Waals surface area contributed by atoms with Crippen molar-refractivity contribution in [1.29, 1.82) is 0 Å². The van der Waals surface area contributed by atoms with Gasteiger partial charge in [0.15, 0.2) is 11.5 Å². The van der Waals surface area contributed by atoms with E-state index in [1.54, 1.807) is 7.11 Å². The summed E-state index contributed by atoms with van der Waals surface area (Å²) in [4.78, 5) is 0. The number of rotatable bonds is 2. The summed E-state index contributed by atoms with van der Waals surface area (Å²) in [5.74, 6) is 1.32. The molecule has 0 spiro atoms. The monoisotopic (exact) mass is 221 g/mol. The van der Waals surface area contributed by atoms with Gasteiger partial charge in [0.1, 0.15) is 0 Å². The molecule has 3 heteroatoms. The molecule has 0 saturated carbocycles. The second kappa shape index (κ2) is 4.34. The molecule has 1 aromatic rings. The van der Waals surface area contributed by atoms with E-state index in [2.05, 4.69) is 19.2 Å². The first-order chi connectivity index (χ1) is 7.63. The minimum absolute atomic E-state index is 0.232. The molecular formula is C13H19NO2. The summed E-state index contributed by atoms with van der Waals surface area (Å²) in [6.45, 7) is 5.37. The third-order valence-corrected chi connectivity index (χ3v) is 3.20. The lowest BCUT2D eigenvalue weighted by atomic mass is 9.87. The lowest BCUT2D eigenvalue weighted by molar-refractivity contribution is 0.362. The quantitative estimate of drug-likeness (QED) is 0.804. The first-order valence-electron chi connectivity index (χ1n) is 5.76. The van der Waals surface area contributed by atoms with E-state index in [0.29, 0.717) is 17.7 Å². The van der Waals surface area contributed by atoms with Gasteiger partial charge in [-0.25, -0.2) is 0 Å². The molecule has 2 rings (SSSR count). The molecule has 0 amide bonds. The topological polar surface area (TPSA) is 41.5 Å². The van der Waals surface area contributed by atoms with Gasteiger partial charge in [-0.3, -0.25) is 0 Å². The zero-order chi connectivity index (χ0) is 11.7. The summed E-state index contributed by atoms with van der Waals surface area (Å²) in [6.07, 6.45) is 0.995. The number of hydrogen-bond donors (Lipinski definition) is 2. The van der Waals surface area contributed by atoms with E-state index < -0.39 is 0 Å². The van der Waals surface area contributed by atoms with Gasteiger partial charge in [-0.1, -0.05) is 13.8 Å². The van der Waals surface area contributed by atoms with Crippen LogP contribution in [0, 0.1) is 5.92 Å². The fourth-order valence-electron chi connectivity index (χ4n) is 2.36. The normalized spacial score (nSPS) is 19.6. The Kier molecular flexibility index (Phi) is 3.06. The number of phenolic OH excluding ortho intramolecular Hbond substituents is 1. The van der Waals surface area contributed by atoms with Gasteiger partial charge in [0.25, 0.3) is 0 Å². The molecule has 1 aromatic carbocycles. The molecular weight excluding hydrogens is 202 g/mol. The summed E-state index contributed by atoms with van der Waals surface area (Å²) in [6, 6.07) is 4.13. The third-order valence-electron chi connectivity index (χ3n) is 3.20. The Balaban J connectivity index is 2.45. The van der Waals surface area contributed by atoms with Gasteiger partial charge in [0, 0.05) is 6.04 Å². The highest BCUT2D eigenvalue weighted by molar-refractivity contribution is 5.48. The highest BCUT2D eigenvalue weighted by atomic mass is 16.5. The highest BCUT2D eigenvalue weighted by Crippen LogP contribution is 2.36. The van der Waals surface area contributed by atoms with Crippen molar-refractivity contribution in [2.75, 3.05) is 13.7 Å². The number of fused-ring (bicyclic) bond motifs is 1. The van der Waals surface area contributed by atoms with Gasteiger partial charge >= 0.3 is 0 Å². The van der Waals surface area contributed by atoms with Crippen LogP contribution in [0.2, 0.25) is 0 Å². The Morgan fingerprint density at radius 2 is 2.19 bits per heavy atom. The predicted molar refractivity (Wildman–Crippen MR) is 63.9 cm³/mol. The van der Waals surface area contributed by atoms with Gasteiger partial charge in [-0.15, -0.1) is 0 Å². The van der Waals surface area contributed by atoms with Crippen molar-refractivity contribution in [3.05, 3.63) is 23.3 Å². The number of benzene rings is 1. The van der Waals surface area contributed by atoms with Crippen LogP contribution >= 0.6 is 0 Å². The van der Waals surface area contributed by atoms with E-state index in [4.69, 9.17) is 4.74 Å². The van der Waals surface area contributed by atoms with Crippen molar-refractivity contribution in [2.24, 2.45) is 5.92 Å². The van der Waals surface area contributed by atoms with Gasteiger partial charge in [-0.2, -0.15) is 0 Å². The van der Waals surface area contributed by atoms with Crippen LogP contribution in [0.25, 0.3) is 0 Å². The fraction of sp³-hybridized carbons (Fsp3) is 0.538. The van der Waals surface area contributed by atoms with E-state index >= 15 is 0 Å². The SMILES string of the molecule is COc1cc2c(cc1O)C(C(C)C)NCC2. The molecule has 16 heavy (non-hydrogen) atoms. The maximum Gasteiger partial charge on any atom is 0.160 e. The molecule has 0 fully saturated rings. The van der Waals surface area contributed by atoms with Crippen molar-refractivity contribution >= 4 is 0 Å². The summed E-state index contributed by atoms with van der Waals surface area (Å²) in [5, 5.41) is 13.3. The first kappa shape index (κ1) is 11.3. The number of aromatic hydroxyl groups is 1. The van der Waals surface area contributed by atoms with Crippen molar-refractivity contribution in [1.82, 2.24) is 5.32 Å². The summed E-state index contributed by atoms with van der Waals surface area (Å²) in [7, 11) is 1.59. The summed E-state index contributed by atoms with van der Waals surface area (Å²) >= 11 is 0. The number of ether oxygens (including phenoxy) is 1. The van der Waals surface area contributed by atoms with Crippen LogP contribution in [0.15, 0.2) is 12.1 Å². The summed E-state index contributed by atoms with van der Waals surface area (Å²) < 4.78 is 5.14. The molecule has 1 unspecified atom stereocenters. The Labute approximate surface area is 96.4 Å². The maximum atomic E-state index is 9.81. The van der Waals surface area contributed by atoms with Crippen LogP contribution in [-0.2, 0) is 6.42 Å². The first-order valence-corrected chi connectivity index (χ1v) is 5.76. The minimum Gasteiger partial charge on any atom is -0.504 e. The second-order valence-electron chi connectivity index (χ2n) is 4.65. The molecule has 1 aliphatic heterocycles. The molecule has 0 aliphatic carbocycles. The van der Waals surface area contributed by atoms with Crippen molar-refractivity contribution < 1.29 is 9.84 Å². The number of hydrogen-bond acceptors (Lipinski definition) is 3. The maximum absolute atomic E-state index is 9.81.